The van der Waals surface area contributed by atoms with Crippen LogP contribution in [0.1, 0.15) is 35.5 Å². The fourth-order valence-electron chi connectivity index (χ4n) is 2.14. The van der Waals surface area contributed by atoms with Crippen molar-refractivity contribution in [3.05, 3.63) is 65.0 Å². The van der Waals surface area contributed by atoms with E-state index in [4.69, 9.17) is 0 Å². The SMILES string of the molecule is Cc1cccc(CNC(C)c2ccccc2C)n1. The molecule has 0 radical (unpaired) electrons. The first-order valence-corrected chi connectivity index (χ1v) is 6.38. The molecule has 0 spiro atoms. The first-order valence-electron chi connectivity index (χ1n) is 6.38. The maximum atomic E-state index is 4.50. The van der Waals surface area contributed by atoms with E-state index in [2.05, 4.69) is 60.5 Å². The highest BCUT2D eigenvalue weighted by Gasteiger charge is 2.07. The largest absolute Gasteiger partial charge is 0.305 e. The summed E-state index contributed by atoms with van der Waals surface area (Å²) >= 11 is 0. The molecule has 0 bridgehead atoms. The van der Waals surface area contributed by atoms with E-state index in [1.807, 2.05) is 13.0 Å². The van der Waals surface area contributed by atoms with Crippen LogP contribution in [0.25, 0.3) is 0 Å². The molecule has 0 saturated carbocycles. The minimum atomic E-state index is 0.341. The molecule has 0 amide bonds. The third kappa shape index (κ3) is 3.17. The van der Waals surface area contributed by atoms with Gasteiger partial charge >= 0.3 is 0 Å². The van der Waals surface area contributed by atoms with Crippen LogP contribution in [0.2, 0.25) is 0 Å². The summed E-state index contributed by atoms with van der Waals surface area (Å²) in [6, 6.07) is 15.0. The minimum absolute atomic E-state index is 0.341. The number of hydrogen-bond donors (Lipinski definition) is 1. The lowest BCUT2D eigenvalue weighted by atomic mass is 10.0. The predicted molar refractivity (Wildman–Crippen MR) is 75.4 cm³/mol. The van der Waals surface area contributed by atoms with Gasteiger partial charge in [0.05, 0.1) is 5.69 Å². The zero-order valence-corrected chi connectivity index (χ0v) is 11.3. The van der Waals surface area contributed by atoms with Crippen LogP contribution in [0.3, 0.4) is 0 Å². The standard InChI is InChI=1S/C16H20N2/c1-12-7-4-5-10-16(12)14(3)17-11-15-9-6-8-13(2)18-15/h4-10,14,17H,11H2,1-3H3. The summed E-state index contributed by atoms with van der Waals surface area (Å²) in [5.41, 5.74) is 4.84. The summed E-state index contributed by atoms with van der Waals surface area (Å²) in [6.07, 6.45) is 0. The summed E-state index contributed by atoms with van der Waals surface area (Å²) in [5.74, 6) is 0. The summed E-state index contributed by atoms with van der Waals surface area (Å²) in [7, 11) is 0. The van der Waals surface area contributed by atoms with E-state index >= 15 is 0 Å². The highest BCUT2D eigenvalue weighted by Crippen LogP contribution is 2.16. The van der Waals surface area contributed by atoms with E-state index < -0.39 is 0 Å². The molecule has 0 aliphatic heterocycles. The Hall–Kier alpha value is -1.67. The number of nitrogens with one attached hydrogen (secondary N) is 1. The molecule has 2 nitrogen and oxygen atoms in total. The highest BCUT2D eigenvalue weighted by molar-refractivity contribution is 5.28. The van der Waals surface area contributed by atoms with Gasteiger partial charge in [-0.15, -0.1) is 0 Å². The molecule has 2 heteroatoms. The van der Waals surface area contributed by atoms with Crippen LogP contribution >= 0.6 is 0 Å². The summed E-state index contributed by atoms with van der Waals surface area (Å²) in [5, 5.41) is 3.52. The van der Waals surface area contributed by atoms with Crippen LogP contribution in [-0.4, -0.2) is 4.98 Å². The zero-order valence-electron chi connectivity index (χ0n) is 11.3. The average molecular weight is 240 g/mol. The monoisotopic (exact) mass is 240 g/mol. The molecule has 0 fully saturated rings. The fraction of sp³-hybridized carbons (Fsp3) is 0.312. The number of pyridine rings is 1. The quantitative estimate of drug-likeness (QED) is 0.884. The Bertz CT molecular complexity index is 520. The van der Waals surface area contributed by atoms with Crippen molar-refractivity contribution in [1.29, 1.82) is 0 Å². The number of hydrogen-bond acceptors (Lipinski definition) is 2. The van der Waals surface area contributed by atoms with Crippen molar-refractivity contribution in [3.63, 3.8) is 0 Å². The molecular formula is C16H20N2. The van der Waals surface area contributed by atoms with Crippen molar-refractivity contribution in [2.45, 2.75) is 33.4 Å². The zero-order chi connectivity index (χ0) is 13.0. The van der Waals surface area contributed by atoms with E-state index in [0.717, 1.165) is 17.9 Å². The molecule has 2 rings (SSSR count). The van der Waals surface area contributed by atoms with E-state index in [9.17, 15) is 0 Å². The first kappa shape index (κ1) is 12.8. The topological polar surface area (TPSA) is 24.9 Å². The maximum Gasteiger partial charge on any atom is 0.0545 e. The lowest BCUT2D eigenvalue weighted by molar-refractivity contribution is 0.565. The van der Waals surface area contributed by atoms with Gasteiger partial charge in [-0.05, 0) is 44.0 Å². The maximum absolute atomic E-state index is 4.50. The Labute approximate surface area is 109 Å². The molecular weight excluding hydrogens is 220 g/mol. The second-order valence-electron chi connectivity index (χ2n) is 4.73. The lowest BCUT2D eigenvalue weighted by Gasteiger charge is -2.16. The third-order valence-electron chi connectivity index (χ3n) is 3.19. The molecule has 18 heavy (non-hydrogen) atoms. The summed E-state index contributed by atoms with van der Waals surface area (Å²) in [6.45, 7) is 7.17. The molecule has 1 atom stereocenters. The number of nitrogens with zero attached hydrogens (tertiary/aromatic N) is 1. The predicted octanol–water partition coefficient (Wildman–Crippen LogP) is 3.55. The molecule has 0 aliphatic carbocycles. The number of aromatic nitrogens is 1. The highest BCUT2D eigenvalue weighted by atomic mass is 14.9. The normalized spacial score (nSPS) is 12.4. The first-order chi connectivity index (χ1) is 8.66. The molecule has 1 unspecified atom stereocenters. The van der Waals surface area contributed by atoms with Gasteiger partial charge in [-0.2, -0.15) is 0 Å². The fourth-order valence-corrected chi connectivity index (χ4v) is 2.14. The summed E-state index contributed by atoms with van der Waals surface area (Å²) < 4.78 is 0. The second kappa shape index (κ2) is 5.78. The van der Waals surface area contributed by atoms with Gasteiger partial charge in [0, 0.05) is 18.3 Å². The van der Waals surface area contributed by atoms with Crippen molar-refractivity contribution < 1.29 is 0 Å². The van der Waals surface area contributed by atoms with E-state index in [0.29, 0.717) is 6.04 Å². The molecule has 0 aliphatic rings. The van der Waals surface area contributed by atoms with E-state index in [1.165, 1.54) is 11.1 Å². The number of benzene rings is 1. The molecule has 1 aromatic carbocycles. The van der Waals surface area contributed by atoms with Gasteiger partial charge in [-0.25, -0.2) is 0 Å². The second-order valence-corrected chi connectivity index (χ2v) is 4.73. The van der Waals surface area contributed by atoms with Gasteiger partial charge in [0.2, 0.25) is 0 Å². The van der Waals surface area contributed by atoms with Gasteiger partial charge in [-0.1, -0.05) is 30.3 Å². The van der Waals surface area contributed by atoms with Crippen LogP contribution < -0.4 is 5.32 Å². The van der Waals surface area contributed by atoms with Crippen molar-refractivity contribution in [2.24, 2.45) is 0 Å². The Balaban J connectivity index is 2.00. The van der Waals surface area contributed by atoms with Crippen molar-refractivity contribution in [1.82, 2.24) is 10.3 Å². The van der Waals surface area contributed by atoms with Gasteiger partial charge in [0.15, 0.2) is 0 Å². The third-order valence-corrected chi connectivity index (χ3v) is 3.19. The molecule has 1 aromatic heterocycles. The Kier molecular flexibility index (Phi) is 4.11. The molecule has 0 saturated heterocycles. The average Bonchev–Trinajstić information content (AvgIpc) is 2.37. The van der Waals surface area contributed by atoms with Crippen LogP contribution in [0.5, 0.6) is 0 Å². The van der Waals surface area contributed by atoms with Crippen LogP contribution in [-0.2, 0) is 6.54 Å². The number of rotatable bonds is 4. The Morgan fingerprint density at radius 1 is 1.06 bits per heavy atom. The number of aryl methyl sites for hydroxylation is 2. The lowest BCUT2D eigenvalue weighted by Crippen LogP contribution is -2.19. The van der Waals surface area contributed by atoms with E-state index in [1.54, 1.807) is 0 Å². The Morgan fingerprint density at radius 3 is 2.56 bits per heavy atom. The molecule has 1 N–H and O–H groups in total. The van der Waals surface area contributed by atoms with Gasteiger partial charge in [0.25, 0.3) is 0 Å². The van der Waals surface area contributed by atoms with Crippen LogP contribution in [0, 0.1) is 13.8 Å². The minimum Gasteiger partial charge on any atom is -0.305 e. The van der Waals surface area contributed by atoms with Gasteiger partial charge in [0.1, 0.15) is 0 Å². The van der Waals surface area contributed by atoms with E-state index in [-0.39, 0.29) is 0 Å². The molecule has 1 heterocycles. The molecule has 2 aromatic rings. The van der Waals surface area contributed by atoms with Crippen LogP contribution in [0.4, 0.5) is 0 Å². The summed E-state index contributed by atoms with van der Waals surface area (Å²) in [4.78, 5) is 4.50. The Morgan fingerprint density at radius 2 is 1.83 bits per heavy atom. The van der Waals surface area contributed by atoms with Crippen LogP contribution in [0.15, 0.2) is 42.5 Å². The smallest absolute Gasteiger partial charge is 0.0545 e. The van der Waals surface area contributed by atoms with Crippen molar-refractivity contribution in [3.8, 4) is 0 Å². The van der Waals surface area contributed by atoms with Gasteiger partial charge < -0.3 is 5.32 Å². The van der Waals surface area contributed by atoms with Crippen molar-refractivity contribution >= 4 is 0 Å². The van der Waals surface area contributed by atoms with Crippen molar-refractivity contribution in [2.75, 3.05) is 0 Å². The van der Waals surface area contributed by atoms with Gasteiger partial charge in [-0.3, -0.25) is 4.98 Å². The molecule has 94 valence electrons.